The van der Waals surface area contributed by atoms with Crippen LogP contribution in [0.5, 0.6) is 5.75 Å². The van der Waals surface area contributed by atoms with Crippen LogP contribution in [0.1, 0.15) is 64.5 Å². The Hall–Kier alpha value is -1.60. The van der Waals surface area contributed by atoms with Crippen LogP contribution < -0.4 is 10.1 Å². The van der Waals surface area contributed by atoms with Gasteiger partial charge in [0.25, 0.3) is 0 Å². The van der Waals surface area contributed by atoms with E-state index in [1.165, 1.54) is 4.31 Å². The topological polar surface area (TPSA) is 75.7 Å². The molecule has 0 spiro atoms. The van der Waals surface area contributed by atoms with Gasteiger partial charge in [0, 0.05) is 19.0 Å². The van der Waals surface area contributed by atoms with E-state index in [9.17, 15) is 13.2 Å². The fourth-order valence-corrected chi connectivity index (χ4v) is 4.93. The number of rotatable bonds is 10. The normalized spacial score (nSPS) is 17.2. The first-order chi connectivity index (χ1) is 13.4. The number of benzene rings is 1. The molecular weight excluding hydrogens is 376 g/mol. The smallest absolute Gasteiger partial charge is 0.223 e. The molecule has 7 heteroatoms. The lowest BCUT2D eigenvalue weighted by Gasteiger charge is -2.31. The van der Waals surface area contributed by atoms with E-state index in [-0.39, 0.29) is 23.6 Å². The quantitative estimate of drug-likeness (QED) is 0.599. The van der Waals surface area contributed by atoms with Crippen molar-refractivity contribution in [2.45, 2.75) is 58.9 Å². The number of nitrogens with one attached hydrogen (secondary N) is 1. The predicted octanol–water partition coefficient (Wildman–Crippen LogP) is 3.49. The third-order valence-electron chi connectivity index (χ3n) is 5.19. The number of hydrogen-bond acceptors (Lipinski definition) is 4. The molecule has 0 saturated carbocycles. The SMILES string of the molecule is CCCCOc1ccc([C@@H](C)NC(=O)C2CCN(S(=O)(=O)CCC)CC2)cc1. The monoisotopic (exact) mass is 410 g/mol. The maximum absolute atomic E-state index is 12.6. The summed E-state index contributed by atoms with van der Waals surface area (Å²) in [6, 6.07) is 7.73. The first kappa shape index (κ1) is 22.7. The van der Waals surface area contributed by atoms with Gasteiger partial charge in [0.2, 0.25) is 15.9 Å². The Kier molecular flexibility index (Phi) is 8.76. The molecule has 2 rings (SSSR count). The van der Waals surface area contributed by atoms with Gasteiger partial charge in [0.15, 0.2) is 0 Å². The summed E-state index contributed by atoms with van der Waals surface area (Å²) >= 11 is 0. The van der Waals surface area contributed by atoms with E-state index in [1.807, 2.05) is 38.1 Å². The van der Waals surface area contributed by atoms with Crippen molar-refractivity contribution in [1.29, 1.82) is 0 Å². The molecule has 6 nitrogen and oxygen atoms in total. The molecule has 1 heterocycles. The molecule has 1 N–H and O–H groups in total. The van der Waals surface area contributed by atoms with Gasteiger partial charge < -0.3 is 10.1 Å². The number of ether oxygens (including phenoxy) is 1. The van der Waals surface area contributed by atoms with E-state index in [0.29, 0.717) is 32.4 Å². The molecule has 1 aliphatic rings. The minimum Gasteiger partial charge on any atom is -0.494 e. The van der Waals surface area contributed by atoms with Crippen LogP contribution in [0.15, 0.2) is 24.3 Å². The van der Waals surface area contributed by atoms with E-state index in [0.717, 1.165) is 30.8 Å². The Balaban J connectivity index is 1.83. The van der Waals surface area contributed by atoms with Crippen LogP contribution in [0.2, 0.25) is 0 Å². The minimum absolute atomic E-state index is 0.00307. The largest absolute Gasteiger partial charge is 0.494 e. The van der Waals surface area contributed by atoms with Gasteiger partial charge in [0.05, 0.1) is 18.4 Å². The number of sulfonamides is 1. The summed E-state index contributed by atoms with van der Waals surface area (Å²) in [6.07, 6.45) is 3.90. The summed E-state index contributed by atoms with van der Waals surface area (Å²) in [4.78, 5) is 12.6. The van der Waals surface area contributed by atoms with Gasteiger partial charge in [-0.3, -0.25) is 4.79 Å². The van der Waals surface area contributed by atoms with E-state index < -0.39 is 10.0 Å². The van der Waals surface area contributed by atoms with Crippen molar-refractivity contribution in [3.8, 4) is 5.75 Å². The van der Waals surface area contributed by atoms with E-state index >= 15 is 0 Å². The molecule has 1 aromatic rings. The van der Waals surface area contributed by atoms with Crippen LogP contribution in [-0.4, -0.2) is 44.1 Å². The molecule has 1 saturated heterocycles. The molecule has 1 amide bonds. The number of amides is 1. The summed E-state index contributed by atoms with van der Waals surface area (Å²) in [5.41, 5.74) is 1.03. The standard InChI is InChI=1S/C21H34N2O4S/c1-4-6-15-27-20-9-7-18(8-10-20)17(3)22-21(24)19-11-13-23(14-12-19)28(25,26)16-5-2/h7-10,17,19H,4-6,11-16H2,1-3H3,(H,22,24)/t17-/m1/s1. The van der Waals surface area contributed by atoms with Gasteiger partial charge in [-0.15, -0.1) is 0 Å². The van der Waals surface area contributed by atoms with E-state index in [1.54, 1.807) is 0 Å². The lowest BCUT2D eigenvalue weighted by Crippen LogP contribution is -2.44. The van der Waals surface area contributed by atoms with Gasteiger partial charge in [-0.25, -0.2) is 12.7 Å². The molecule has 0 bridgehead atoms. The maximum atomic E-state index is 12.6. The molecule has 158 valence electrons. The summed E-state index contributed by atoms with van der Waals surface area (Å²) in [5.74, 6) is 0.894. The van der Waals surface area contributed by atoms with Gasteiger partial charge in [-0.05, 0) is 50.3 Å². The Morgan fingerprint density at radius 2 is 1.82 bits per heavy atom. The lowest BCUT2D eigenvalue weighted by molar-refractivity contribution is -0.126. The summed E-state index contributed by atoms with van der Waals surface area (Å²) < 4.78 is 31.5. The lowest BCUT2D eigenvalue weighted by atomic mass is 9.96. The van der Waals surface area contributed by atoms with Gasteiger partial charge in [0.1, 0.15) is 5.75 Å². The highest BCUT2D eigenvalue weighted by molar-refractivity contribution is 7.89. The number of piperidine rings is 1. The average molecular weight is 411 g/mol. The van der Waals surface area contributed by atoms with E-state index in [4.69, 9.17) is 4.74 Å². The highest BCUT2D eigenvalue weighted by Crippen LogP contribution is 2.23. The Morgan fingerprint density at radius 1 is 1.18 bits per heavy atom. The van der Waals surface area contributed by atoms with Crippen LogP contribution in [0.25, 0.3) is 0 Å². The second-order valence-electron chi connectivity index (χ2n) is 7.49. The van der Waals surface area contributed by atoms with Crippen LogP contribution in [0.4, 0.5) is 0 Å². The van der Waals surface area contributed by atoms with Crippen LogP contribution in [0, 0.1) is 5.92 Å². The zero-order valence-corrected chi connectivity index (χ0v) is 18.1. The predicted molar refractivity (Wildman–Crippen MR) is 112 cm³/mol. The van der Waals surface area contributed by atoms with Gasteiger partial charge in [-0.1, -0.05) is 32.4 Å². The number of hydrogen-bond donors (Lipinski definition) is 1. The molecule has 0 aliphatic carbocycles. The van der Waals surface area contributed by atoms with Crippen molar-refractivity contribution >= 4 is 15.9 Å². The minimum atomic E-state index is -3.17. The summed E-state index contributed by atoms with van der Waals surface area (Å²) in [6.45, 7) is 7.53. The van der Waals surface area contributed by atoms with E-state index in [2.05, 4.69) is 12.2 Å². The third kappa shape index (κ3) is 6.48. The molecule has 1 atom stereocenters. The van der Waals surface area contributed by atoms with Crippen molar-refractivity contribution in [2.24, 2.45) is 5.92 Å². The Bertz CT molecular complexity index is 710. The molecule has 0 radical (unpaired) electrons. The molecule has 1 fully saturated rings. The Morgan fingerprint density at radius 3 is 2.39 bits per heavy atom. The first-order valence-corrected chi connectivity index (χ1v) is 12.0. The molecule has 0 unspecified atom stereocenters. The van der Waals surface area contributed by atoms with Crippen LogP contribution in [0.3, 0.4) is 0 Å². The first-order valence-electron chi connectivity index (χ1n) is 10.4. The van der Waals surface area contributed by atoms with Gasteiger partial charge >= 0.3 is 0 Å². The van der Waals surface area contributed by atoms with Crippen molar-refractivity contribution < 1.29 is 17.9 Å². The molecule has 28 heavy (non-hydrogen) atoms. The highest BCUT2D eigenvalue weighted by Gasteiger charge is 2.31. The number of carbonyl (C=O) groups excluding carboxylic acids is 1. The van der Waals surface area contributed by atoms with Crippen LogP contribution >= 0.6 is 0 Å². The molecule has 1 aliphatic heterocycles. The average Bonchev–Trinajstić information content (AvgIpc) is 2.68. The van der Waals surface area contributed by atoms with Crippen molar-refractivity contribution in [3.63, 3.8) is 0 Å². The zero-order valence-electron chi connectivity index (χ0n) is 17.3. The summed E-state index contributed by atoms with van der Waals surface area (Å²) in [5, 5.41) is 3.07. The van der Waals surface area contributed by atoms with Crippen molar-refractivity contribution in [3.05, 3.63) is 29.8 Å². The number of nitrogens with zero attached hydrogens (tertiary/aromatic N) is 1. The number of unbranched alkanes of at least 4 members (excludes halogenated alkanes) is 1. The second kappa shape index (κ2) is 10.8. The fraction of sp³-hybridized carbons (Fsp3) is 0.667. The van der Waals surface area contributed by atoms with Crippen molar-refractivity contribution in [2.75, 3.05) is 25.4 Å². The zero-order chi connectivity index (χ0) is 20.6. The van der Waals surface area contributed by atoms with Crippen molar-refractivity contribution in [1.82, 2.24) is 9.62 Å². The summed E-state index contributed by atoms with van der Waals surface area (Å²) in [7, 11) is -3.17. The fourth-order valence-electron chi connectivity index (χ4n) is 3.38. The highest BCUT2D eigenvalue weighted by atomic mass is 32.2. The molecule has 1 aromatic carbocycles. The third-order valence-corrected chi connectivity index (χ3v) is 7.26. The number of carbonyl (C=O) groups is 1. The second-order valence-corrected chi connectivity index (χ2v) is 9.58. The molecular formula is C21H34N2O4S. The van der Waals surface area contributed by atoms with Gasteiger partial charge in [-0.2, -0.15) is 0 Å². The Labute approximate surface area is 169 Å². The van der Waals surface area contributed by atoms with Crippen LogP contribution in [-0.2, 0) is 14.8 Å². The maximum Gasteiger partial charge on any atom is 0.223 e. The molecule has 0 aromatic heterocycles.